The predicted octanol–water partition coefficient (Wildman–Crippen LogP) is 4.69. The van der Waals surface area contributed by atoms with Crippen molar-refractivity contribution < 1.29 is 5.11 Å². The smallest absolute Gasteiger partial charge is 0.0819 e. The molecule has 4 rings (SSSR count). The van der Waals surface area contributed by atoms with Gasteiger partial charge in [-0.2, -0.15) is 0 Å². The van der Waals surface area contributed by atoms with Crippen molar-refractivity contribution in [2.24, 2.45) is 5.92 Å². The Hall–Kier alpha value is -2.49. The highest BCUT2D eigenvalue weighted by Gasteiger charge is 2.26. The van der Waals surface area contributed by atoms with E-state index in [9.17, 15) is 5.11 Å². The molecule has 3 aromatic rings. The highest BCUT2D eigenvalue weighted by molar-refractivity contribution is 5.63. The topological polar surface area (TPSA) is 36.4 Å². The Balaban J connectivity index is 1.36. The van der Waals surface area contributed by atoms with Crippen LogP contribution in [0.4, 0.5) is 0 Å². The fraction of sp³-hybridized carbons (Fsp3) is 0.292. The molecule has 3 nitrogen and oxygen atoms in total. The summed E-state index contributed by atoms with van der Waals surface area (Å²) in [4.78, 5) is 6.60. The molecule has 2 heterocycles. The van der Waals surface area contributed by atoms with Crippen molar-refractivity contribution in [2.75, 3.05) is 13.1 Å². The predicted molar refractivity (Wildman–Crippen MR) is 109 cm³/mol. The molecular weight excluding hydrogens is 332 g/mol. The van der Waals surface area contributed by atoms with Crippen molar-refractivity contribution in [1.82, 2.24) is 9.88 Å². The first-order chi connectivity index (χ1) is 13.3. The van der Waals surface area contributed by atoms with Crippen molar-refractivity contribution in [3.63, 3.8) is 0 Å². The molecule has 0 radical (unpaired) electrons. The monoisotopic (exact) mass is 358 g/mol. The number of aromatic nitrogens is 1. The summed E-state index contributed by atoms with van der Waals surface area (Å²) >= 11 is 0. The fourth-order valence-corrected chi connectivity index (χ4v) is 4.00. The Morgan fingerprint density at radius 1 is 0.889 bits per heavy atom. The quantitative estimate of drug-likeness (QED) is 0.718. The van der Waals surface area contributed by atoms with E-state index in [1.165, 1.54) is 16.7 Å². The molecule has 1 atom stereocenters. The van der Waals surface area contributed by atoms with Gasteiger partial charge in [-0.3, -0.25) is 9.88 Å². The van der Waals surface area contributed by atoms with Crippen LogP contribution in [0.1, 0.15) is 30.1 Å². The minimum atomic E-state index is -0.344. The largest absolute Gasteiger partial charge is 0.388 e. The van der Waals surface area contributed by atoms with Crippen LogP contribution >= 0.6 is 0 Å². The van der Waals surface area contributed by atoms with E-state index in [1.807, 2.05) is 42.7 Å². The lowest BCUT2D eigenvalue weighted by molar-refractivity contribution is 0.0568. The van der Waals surface area contributed by atoms with Crippen LogP contribution in [-0.4, -0.2) is 28.1 Å². The summed E-state index contributed by atoms with van der Waals surface area (Å²) in [5, 5.41) is 10.7. The summed E-state index contributed by atoms with van der Waals surface area (Å²) in [6.07, 6.45) is 5.42. The zero-order chi connectivity index (χ0) is 18.5. The summed E-state index contributed by atoms with van der Waals surface area (Å²) in [5.41, 5.74) is 4.83. The Bertz CT molecular complexity index is 843. The number of aliphatic hydroxyl groups excluding tert-OH is 1. The molecule has 0 spiro atoms. The number of likely N-dealkylation sites (tertiary alicyclic amines) is 1. The highest BCUT2D eigenvalue weighted by atomic mass is 16.3. The Morgan fingerprint density at radius 3 is 2.37 bits per heavy atom. The summed E-state index contributed by atoms with van der Waals surface area (Å²) in [7, 11) is 0. The first kappa shape index (κ1) is 17.9. The fourth-order valence-electron chi connectivity index (χ4n) is 4.00. The van der Waals surface area contributed by atoms with Crippen molar-refractivity contribution >= 4 is 0 Å². The van der Waals surface area contributed by atoms with Crippen LogP contribution in [0.5, 0.6) is 0 Å². The number of benzene rings is 2. The molecule has 2 aromatic carbocycles. The second-order valence-electron chi connectivity index (χ2n) is 7.41. The first-order valence-corrected chi connectivity index (χ1v) is 9.74. The van der Waals surface area contributed by atoms with Gasteiger partial charge in [0.1, 0.15) is 0 Å². The third kappa shape index (κ3) is 4.44. The molecule has 1 unspecified atom stereocenters. The molecule has 1 aliphatic heterocycles. The number of rotatable bonds is 5. The minimum Gasteiger partial charge on any atom is -0.388 e. The lowest BCUT2D eigenvalue weighted by atomic mass is 9.87. The van der Waals surface area contributed by atoms with Gasteiger partial charge in [-0.15, -0.1) is 0 Å². The second-order valence-corrected chi connectivity index (χ2v) is 7.41. The molecule has 138 valence electrons. The van der Waals surface area contributed by atoms with Gasteiger partial charge in [-0.25, -0.2) is 0 Å². The van der Waals surface area contributed by atoms with Gasteiger partial charge in [0.05, 0.1) is 6.10 Å². The molecule has 1 saturated heterocycles. The van der Waals surface area contributed by atoms with E-state index in [1.54, 1.807) is 0 Å². The minimum absolute atomic E-state index is 0.344. The lowest BCUT2D eigenvalue weighted by Gasteiger charge is -2.34. The molecule has 3 heteroatoms. The standard InChI is InChI=1S/C24H26N2O/c27-24(21-6-2-1-3-7-21)22-11-15-26(16-12-22)18-19-5-4-8-23(17-19)20-9-13-25-14-10-20/h1-10,13-14,17,22,24,27H,11-12,15-16,18H2. The van der Waals surface area contributed by atoms with Crippen LogP contribution in [0.25, 0.3) is 11.1 Å². The molecule has 0 amide bonds. The number of nitrogens with zero attached hydrogens (tertiary/aromatic N) is 2. The van der Waals surface area contributed by atoms with Crippen LogP contribution in [0.3, 0.4) is 0 Å². The maximum Gasteiger partial charge on any atom is 0.0819 e. The number of hydrogen-bond donors (Lipinski definition) is 1. The summed E-state index contributed by atoms with van der Waals surface area (Å²) in [6, 6.07) is 22.9. The van der Waals surface area contributed by atoms with Crippen LogP contribution in [-0.2, 0) is 6.54 Å². The van der Waals surface area contributed by atoms with Gasteiger partial charge in [-0.1, -0.05) is 48.5 Å². The molecule has 1 N–H and O–H groups in total. The maximum absolute atomic E-state index is 10.7. The molecular formula is C24H26N2O. The van der Waals surface area contributed by atoms with E-state index in [4.69, 9.17) is 0 Å². The Labute approximate surface area is 161 Å². The number of hydrogen-bond acceptors (Lipinski definition) is 3. The first-order valence-electron chi connectivity index (χ1n) is 9.74. The van der Waals surface area contributed by atoms with Gasteiger partial charge in [-0.05, 0) is 72.3 Å². The highest BCUT2D eigenvalue weighted by Crippen LogP contribution is 2.31. The average molecular weight is 358 g/mol. The zero-order valence-corrected chi connectivity index (χ0v) is 15.5. The van der Waals surface area contributed by atoms with Crippen LogP contribution in [0.15, 0.2) is 79.1 Å². The summed E-state index contributed by atoms with van der Waals surface area (Å²) in [6.45, 7) is 3.04. The van der Waals surface area contributed by atoms with Gasteiger partial charge in [0.15, 0.2) is 0 Å². The lowest BCUT2D eigenvalue weighted by Crippen LogP contribution is -2.35. The Kier molecular flexibility index (Phi) is 5.61. The normalized spacial score (nSPS) is 16.9. The summed E-state index contributed by atoms with van der Waals surface area (Å²) in [5.74, 6) is 0.354. The summed E-state index contributed by atoms with van der Waals surface area (Å²) < 4.78 is 0. The number of piperidine rings is 1. The van der Waals surface area contributed by atoms with Gasteiger partial charge >= 0.3 is 0 Å². The molecule has 0 saturated carbocycles. The van der Waals surface area contributed by atoms with Gasteiger partial charge in [0.25, 0.3) is 0 Å². The van der Waals surface area contributed by atoms with E-state index in [2.05, 4.69) is 46.3 Å². The maximum atomic E-state index is 10.7. The van der Waals surface area contributed by atoms with Crippen molar-refractivity contribution in [3.05, 3.63) is 90.3 Å². The molecule has 1 fully saturated rings. The third-order valence-electron chi connectivity index (χ3n) is 5.57. The third-order valence-corrected chi connectivity index (χ3v) is 5.57. The van der Waals surface area contributed by atoms with E-state index >= 15 is 0 Å². The van der Waals surface area contributed by atoms with Gasteiger partial charge < -0.3 is 5.11 Å². The SMILES string of the molecule is OC(c1ccccc1)C1CCN(Cc2cccc(-c3ccncc3)c2)CC1. The molecule has 0 aliphatic carbocycles. The Morgan fingerprint density at radius 2 is 1.63 bits per heavy atom. The molecule has 0 bridgehead atoms. The van der Waals surface area contributed by atoms with E-state index in [-0.39, 0.29) is 6.10 Å². The van der Waals surface area contributed by atoms with E-state index < -0.39 is 0 Å². The molecule has 1 aliphatic rings. The van der Waals surface area contributed by atoms with E-state index in [0.717, 1.165) is 38.0 Å². The second kappa shape index (κ2) is 8.47. The van der Waals surface area contributed by atoms with E-state index in [0.29, 0.717) is 5.92 Å². The molecule has 27 heavy (non-hydrogen) atoms. The van der Waals surface area contributed by atoms with Crippen molar-refractivity contribution in [3.8, 4) is 11.1 Å². The van der Waals surface area contributed by atoms with Crippen molar-refractivity contribution in [2.45, 2.75) is 25.5 Å². The van der Waals surface area contributed by atoms with Crippen LogP contribution in [0, 0.1) is 5.92 Å². The number of aliphatic hydroxyl groups is 1. The van der Waals surface area contributed by atoms with Crippen LogP contribution in [0.2, 0.25) is 0 Å². The van der Waals surface area contributed by atoms with Crippen molar-refractivity contribution in [1.29, 1.82) is 0 Å². The molecule has 1 aromatic heterocycles. The van der Waals surface area contributed by atoms with Crippen LogP contribution < -0.4 is 0 Å². The number of pyridine rings is 1. The zero-order valence-electron chi connectivity index (χ0n) is 15.5. The van der Waals surface area contributed by atoms with Gasteiger partial charge in [0, 0.05) is 18.9 Å². The average Bonchev–Trinajstić information content (AvgIpc) is 2.75. The van der Waals surface area contributed by atoms with Gasteiger partial charge in [0.2, 0.25) is 0 Å².